The van der Waals surface area contributed by atoms with Crippen LogP contribution in [-0.4, -0.2) is 28.5 Å². The number of hydrogen-bond donors (Lipinski definition) is 0. The molecular formula is C19H15NO3S2. The predicted molar refractivity (Wildman–Crippen MR) is 103 cm³/mol. The first-order valence-electron chi connectivity index (χ1n) is 7.90. The predicted octanol–water partition coefficient (Wildman–Crippen LogP) is 3.86. The van der Waals surface area contributed by atoms with E-state index in [-0.39, 0.29) is 12.7 Å². The molecule has 6 heteroatoms. The van der Waals surface area contributed by atoms with Gasteiger partial charge in [-0.3, -0.25) is 9.69 Å². The van der Waals surface area contributed by atoms with Crippen LogP contribution in [0, 0.1) is 0 Å². The van der Waals surface area contributed by atoms with E-state index in [9.17, 15) is 4.79 Å². The number of benzene rings is 2. The molecule has 0 bridgehead atoms. The summed E-state index contributed by atoms with van der Waals surface area (Å²) in [6.45, 7) is 0.827. The third-order valence-electron chi connectivity index (χ3n) is 4.03. The van der Waals surface area contributed by atoms with E-state index in [1.54, 1.807) is 4.90 Å². The molecule has 2 aromatic rings. The normalized spacial score (nSPS) is 17.6. The highest BCUT2D eigenvalue weighted by molar-refractivity contribution is 8.26. The zero-order valence-corrected chi connectivity index (χ0v) is 14.9. The van der Waals surface area contributed by atoms with Crippen molar-refractivity contribution in [3.63, 3.8) is 0 Å². The maximum absolute atomic E-state index is 12.7. The Hall–Kier alpha value is -2.31. The Morgan fingerprint density at radius 1 is 1.12 bits per heavy atom. The van der Waals surface area contributed by atoms with Gasteiger partial charge in [-0.1, -0.05) is 60.4 Å². The standard InChI is InChI=1S/C19H15NO3S2/c21-18-17(11-14-6-7-15-16(10-14)23-12-22-15)25-19(24)20(18)9-8-13-4-2-1-3-5-13/h1-7,10-11H,8-9,12H2/b17-11-. The average molecular weight is 369 g/mol. The Morgan fingerprint density at radius 3 is 2.76 bits per heavy atom. The van der Waals surface area contributed by atoms with Gasteiger partial charge < -0.3 is 9.47 Å². The van der Waals surface area contributed by atoms with E-state index in [0.717, 1.165) is 17.7 Å². The summed E-state index contributed by atoms with van der Waals surface area (Å²) in [5.41, 5.74) is 2.09. The number of thioether (sulfide) groups is 1. The third kappa shape index (κ3) is 3.41. The van der Waals surface area contributed by atoms with E-state index in [2.05, 4.69) is 12.1 Å². The van der Waals surface area contributed by atoms with Crippen molar-refractivity contribution in [2.75, 3.05) is 13.3 Å². The van der Waals surface area contributed by atoms with Crippen molar-refractivity contribution in [2.45, 2.75) is 6.42 Å². The minimum atomic E-state index is -0.0383. The average Bonchev–Trinajstić information content (AvgIpc) is 3.19. The van der Waals surface area contributed by atoms with Gasteiger partial charge in [0.2, 0.25) is 6.79 Å². The van der Waals surface area contributed by atoms with Gasteiger partial charge in [0.1, 0.15) is 4.32 Å². The summed E-state index contributed by atoms with van der Waals surface area (Å²) >= 11 is 6.73. The smallest absolute Gasteiger partial charge is 0.266 e. The van der Waals surface area contributed by atoms with Gasteiger partial charge in [-0.15, -0.1) is 0 Å². The summed E-state index contributed by atoms with van der Waals surface area (Å²) in [7, 11) is 0. The van der Waals surface area contributed by atoms with Gasteiger partial charge in [0.15, 0.2) is 11.5 Å². The van der Waals surface area contributed by atoms with E-state index in [0.29, 0.717) is 21.5 Å². The SMILES string of the molecule is O=C1/C(=C/c2ccc3c(c2)OCO3)SC(=S)N1CCc1ccccc1. The highest BCUT2D eigenvalue weighted by atomic mass is 32.2. The number of amides is 1. The molecular weight excluding hydrogens is 354 g/mol. The first-order chi connectivity index (χ1) is 12.2. The van der Waals surface area contributed by atoms with Crippen molar-refractivity contribution in [1.82, 2.24) is 4.90 Å². The first kappa shape index (κ1) is 16.2. The summed E-state index contributed by atoms with van der Waals surface area (Å²) in [5.74, 6) is 1.39. The quantitative estimate of drug-likeness (QED) is 0.604. The second kappa shape index (κ2) is 6.90. The fourth-order valence-corrected chi connectivity index (χ4v) is 4.04. The molecule has 2 aliphatic rings. The van der Waals surface area contributed by atoms with Crippen molar-refractivity contribution in [2.24, 2.45) is 0 Å². The Morgan fingerprint density at radius 2 is 1.92 bits per heavy atom. The number of thiocarbonyl (C=S) groups is 1. The van der Waals surface area contributed by atoms with E-state index in [1.807, 2.05) is 42.5 Å². The van der Waals surface area contributed by atoms with Gasteiger partial charge in [-0.2, -0.15) is 0 Å². The Kier molecular flexibility index (Phi) is 4.46. The Bertz CT molecular complexity index is 864. The van der Waals surface area contributed by atoms with Gasteiger partial charge in [-0.05, 0) is 35.8 Å². The highest BCUT2D eigenvalue weighted by Crippen LogP contribution is 2.36. The van der Waals surface area contributed by atoms with Crippen LogP contribution in [0.15, 0.2) is 53.4 Å². The molecule has 1 amide bonds. The number of ether oxygens (including phenoxy) is 2. The number of carbonyl (C=O) groups is 1. The lowest BCUT2D eigenvalue weighted by molar-refractivity contribution is -0.122. The van der Waals surface area contributed by atoms with Gasteiger partial charge in [0.05, 0.1) is 4.91 Å². The molecule has 0 aromatic heterocycles. The summed E-state index contributed by atoms with van der Waals surface area (Å²) in [6, 6.07) is 15.7. The fraction of sp³-hybridized carbons (Fsp3) is 0.158. The van der Waals surface area contributed by atoms with Crippen LogP contribution in [0.1, 0.15) is 11.1 Å². The number of hydrogen-bond acceptors (Lipinski definition) is 5. The minimum Gasteiger partial charge on any atom is -0.454 e. The molecule has 0 atom stereocenters. The van der Waals surface area contributed by atoms with Crippen molar-refractivity contribution >= 4 is 40.3 Å². The molecule has 0 aliphatic carbocycles. The summed E-state index contributed by atoms with van der Waals surface area (Å²) in [4.78, 5) is 15.0. The summed E-state index contributed by atoms with van der Waals surface area (Å²) in [5, 5.41) is 0. The lowest BCUT2D eigenvalue weighted by atomic mass is 10.1. The van der Waals surface area contributed by atoms with Crippen LogP contribution < -0.4 is 9.47 Å². The van der Waals surface area contributed by atoms with Crippen LogP contribution in [0.5, 0.6) is 11.5 Å². The fourth-order valence-electron chi connectivity index (χ4n) is 2.73. The largest absolute Gasteiger partial charge is 0.454 e. The van der Waals surface area contributed by atoms with E-state index >= 15 is 0 Å². The molecule has 2 heterocycles. The van der Waals surface area contributed by atoms with E-state index in [4.69, 9.17) is 21.7 Å². The monoisotopic (exact) mass is 369 g/mol. The lowest BCUT2D eigenvalue weighted by Crippen LogP contribution is -2.30. The van der Waals surface area contributed by atoms with E-state index < -0.39 is 0 Å². The zero-order valence-electron chi connectivity index (χ0n) is 13.3. The first-order valence-corrected chi connectivity index (χ1v) is 9.12. The lowest BCUT2D eigenvalue weighted by Gasteiger charge is -2.14. The van der Waals surface area contributed by atoms with Gasteiger partial charge in [0, 0.05) is 6.54 Å². The molecule has 2 aromatic carbocycles. The molecule has 2 aliphatic heterocycles. The maximum Gasteiger partial charge on any atom is 0.266 e. The minimum absolute atomic E-state index is 0.0383. The Labute approximate surface area is 155 Å². The van der Waals surface area contributed by atoms with Crippen molar-refractivity contribution in [3.05, 3.63) is 64.6 Å². The number of rotatable bonds is 4. The Balaban J connectivity index is 1.49. The molecule has 1 fully saturated rings. The zero-order chi connectivity index (χ0) is 17.2. The van der Waals surface area contributed by atoms with Crippen LogP contribution in [0.25, 0.3) is 6.08 Å². The topological polar surface area (TPSA) is 38.8 Å². The van der Waals surface area contributed by atoms with Gasteiger partial charge in [-0.25, -0.2) is 0 Å². The van der Waals surface area contributed by atoms with Crippen LogP contribution in [0.3, 0.4) is 0 Å². The second-order valence-electron chi connectivity index (χ2n) is 5.68. The van der Waals surface area contributed by atoms with Crippen LogP contribution >= 0.6 is 24.0 Å². The highest BCUT2D eigenvalue weighted by Gasteiger charge is 2.31. The number of nitrogens with zero attached hydrogens (tertiary/aromatic N) is 1. The summed E-state index contributed by atoms with van der Waals surface area (Å²) in [6.07, 6.45) is 2.63. The number of fused-ring (bicyclic) bond motifs is 1. The second-order valence-corrected chi connectivity index (χ2v) is 7.36. The molecule has 4 rings (SSSR count). The van der Waals surface area contributed by atoms with Gasteiger partial charge in [0.25, 0.3) is 5.91 Å². The molecule has 0 radical (unpaired) electrons. The molecule has 0 spiro atoms. The van der Waals surface area contributed by atoms with Crippen LogP contribution in [0.4, 0.5) is 0 Å². The van der Waals surface area contributed by atoms with E-state index in [1.165, 1.54) is 17.3 Å². The molecule has 0 unspecified atom stereocenters. The van der Waals surface area contributed by atoms with Crippen molar-refractivity contribution in [3.8, 4) is 11.5 Å². The van der Waals surface area contributed by atoms with Crippen molar-refractivity contribution < 1.29 is 14.3 Å². The number of carbonyl (C=O) groups excluding carboxylic acids is 1. The van der Waals surface area contributed by atoms with Crippen LogP contribution in [0.2, 0.25) is 0 Å². The third-order valence-corrected chi connectivity index (χ3v) is 5.41. The van der Waals surface area contributed by atoms with Crippen molar-refractivity contribution in [1.29, 1.82) is 0 Å². The molecule has 25 heavy (non-hydrogen) atoms. The maximum atomic E-state index is 12.7. The molecule has 4 nitrogen and oxygen atoms in total. The molecule has 0 N–H and O–H groups in total. The molecule has 126 valence electrons. The molecule has 1 saturated heterocycles. The van der Waals surface area contributed by atoms with Crippen LogP contribution in [-0.2, 0) is 11.2 Å². The summed E-state index contributed by atoms with van der Waals surface area (Å²) < 4.78 is 11.3. The molecule has 0 saturated carbocycles. The van der Waals surface area contributed by atoms with Gasteiger partial charge >= 0.3 is 0 Å².